The summed E-state index contributed by atoms with van der Waals surface area (Å²) < 4.78 is 28.4. The van der Waals surface area contributed by atoms with Gasteiger partial charge in [-0.05, 0) is 66.5 Å². The van der Waals surface area contributed by atoms with Gasteiger partial charge in [-0.1, -0.05) is 23.8 Å². The van der Waals surface area contributed by atoms with E-state index in [4.69, 9.17) is 0 Å². The quantitative estimate of drug-likeness (QED) is 0.775. The number of hydrogen-bond donors (Lipinski definition) is 1. The van der Waals surface area contributed by atoms with E-state index in [9.17, 15) is 8.78 Å². The Morgan fingerprint density at radius 3 is 2.52 bits per heavy atom. The normalized spacial score (nSPS) is 12.5. The van der Waals surface area contributed by atoms with E-state index in [-0.39, 0.29) is 22.5 Å². The minimum Gasteiger partial charge on any atom is -0.313 e. The summed E-state index contributed by atoms with van der Waals surface area (Å²) in [6, 6.07) is 8.67. The maximum Gasteiger partial charge on any atom is 0.143 e. The van der Waals surface area contributed by atoms with Gasteiger partial charge in [0, 0.05) is 11.6 Å². The summed E-state index contributed by atoms with van der Waals surface area (Å²) in [5.74, 6) is -1.04. The van der Waals surface area contributed by atoms with E-state index in [1.54, 1.807) is 7.05 Å². The van der Waals surface area contributed by atoms with Crippen LogP contribution < -0.4 is 5.32 Å². The van der Waals surface area contributed by atoms with Gasteiger partial charge in [-0.25, -0.2) is 8.78 Å². The Labute approximate surface area is 132 Å². The molecule has 2 aromatic carbocycles. The molecule has 0 fully saturated rings. The van der Waals surface area contributed by atoms with Gasteiger partial charge in [0.1, 0.15) is 11.6 Å². The van der Waals surface area contributed by atoms with Crippen molar-refractivity contribution in [3.05, 3.63) is 68.7 Å². The lowest BCUT2D eigenvalue weighted by Gasteiger charge is -2.20. The van der Waals surface area contributed by atoms with Crippen LogP contribution in [0.25, 0.3) is 0 Å². The van der Waals surface area contributed by atoms with Crippen LogP contribution in [0.4, 0.5) is 8.78 Å². The summed E-state index contributed by atoms with van der Waals surface area (Å²) in [6.07, 6.45) is 0.262. The van der Waals surface area contributed by atoms with Crippen LogP contribution in [0.15, 0.2) is 34.8 Å². The zero-order valence-corrected chi connectivity index (χ0v) is 13.9. The number of halogens is 3. The Balaban J connectivity index is 2.40. The molecule has 0 aliphatic heterocycles. The molecule has 0 aliphatic rings. The first kappa shape index (κ1) is 16.1. The van der Waals surface area contributed by atoms with Crippen molar-refractivity contribution < 1.29 is 8.78 Å². The summed E-state index contributed by atoms with van der Waals surface area (Å²) >= 11 is 3.11. The lowest BCUT2D eigenvalue weighted by molar-refractivity contribution is 0.511. The predicted molar refractivity (Wildman–Crippen MR) is 85.5 cm³/mol. The first-order chi connectivity index (χ1) is 9.93. The standard InChI is InChI=1S/C17H18BrF2N/c1-10-4-5-11(2)12(8-10)16(21-3)9-13-15(19)7-6-14(18)17(13)20/h4-8,16,21H,9H2,1-3H3. The Hall–Kier alpha value is -1.26. The summed E-state index contributed by atoms with van der Waals surface area (Å²) in [5.41, 5.74) is 3.41. The molecule has 112 valence electrons. The predicted octanol–water partition coefficient (Wildman–Crippen LogP) is 4.85. The largest absolute Gasteiger partial charge is 0.313 e. The highest BCUT2D eigenvalue weighted by atomic mass is 79.9. The van der Waals surface area contributed by atoms with Crippen molar-refractivity contribution in [3.63, 3.8) is 0 Å². The lowest BCUT2D eigenvalue weighted by Crippen LogP contribution is -2.21. The Bertz CT molecular complexity index is 655. The summed E-state index contributed by atoms with van der Waals surface area (Å²) in [6.45, 7) is 4.02. The van der Waals surface area contributed by atoms with Gasteiger partial charge in [0.05, 0.1) is 4.47 Å². The molecule has 2 rings (SSSR count). The molecule has 1 atom stereocenters. The first-order valence-corrected chi connectivity index (χ1v) is 7.60. The second kappa shape index (κ2) is 6.67. The topological polar surface area (TPSA) is 12.0 Å². The molecule has 0 spiro atoms. The third kappa shape index (κ3) is 3.50. The van der Waals surface area contributed by atoms with Crippen LogP contribution >= 0.6 is 15.9 Å². The minimum absolute atomic E-state index is 0.102. The zero-order chi connectivity index (χ0) is 15.6. The van der Waals surface area contributed by atoms with Crippen molar-refractivity contribution in [3.8, 4) is 0 Å². The molecule has 0 saturated carbocycles. The van der Waals surface area contributed by atoms with Crippen LogP contribution in [0.1, 0.15) is 28.3 Å². The number of hydrogen-bond acceptors (Lipinski definition) is 1. The molecule has 0 saturated heterocycles. The van der Waals surface area contributed by atoms with Crippen LogP contribution in [0.3, 0.4) is 0 Å². The van der Waals surface area contributed by atoms with E-state index in [1.807, 2.05) is 26.0 Å². The highest BCUT2D eigenvalue weighted by molar-refractivity contribution is 9.10. The fraction of sp³-hybridized carbons (Fsp3) is 0.294. The molecule has 0 amide bonds. The average molecular weight is 354 g/mol. The van der Waals surface area contributed by atoms with Gasteiger partial charge in [-0.2, -0.15) is 0 Å². The maximum absolute atomic E-state index is 14.1. The zero-order valence-electron chi connectivity index (χ0n) is 12.3. The molecule has 0 aliphatic carbocycles. The van der Waals surface area contributed by atoms with Gasteiger partial charge >= 0.3 is 0 Å². The Morgan fingerprint density at radius 2 is 1.86 bits per heavy atom. The maximum atomic E-state index is 14.1. The lowest BCUT2D eigenvalue weighted by atomic mass is 9.93. The van der Waals surface area contributed by atoms with Crippen LogP contribution in [-0.4, -0.2) is 7.05 Å². The second-order valence-electron chi connectivity index (χ2n) is 5.23. The van der Waals surface area contributed by atoms with Crippen molar-refractivity contribution in [1.82, 2.24) is 5.32 Å². The molecule has 0 heterocycles. The van der Waals surface area contributed by atoms with E-state index in [1.165, 1.54) is 12.1 Å². The number of aryl methyl sites for hydroxylation is 2. The van der Waals surface area contributed by atoms with Gasteiger partial charge in [0.15, 0.2) is 0 Å². The SMILES string of the molecule is CNC(Cc1c(F)ccc(Br)c1F)c1cc(C)ccc1C. The smallest absolute Gasteiger partial charge is 0.143 e. The molecule has 0 bridgehead atoms. The van der Waals surface area contributed by atoms with E-state index in [0.29, 0.717) is 0 Å². The number of nitrogens with one attached hydrogen (secondary N) is 1. The summed E-state index contributed by atoms with van der Waals surface area (Å²) in [7, 11) is 1.81. The average Bonchev–Trinajstić information content (AvgIpc) is 2.46. The Kier molecular flexibility index (Phi) is 5.12. The van der Waals surface area contributed by atoms with E-state index >= 15 is 0 Å². The molecule has 1 N–H and O–H groups in total. The van der Waals surface area contributed by atoms with Crippen LogP contribution in [0.2, 0.25) is 0 Å². The first-order valence-electron chi connectivity index (χ1n) is 6.80. The fourth-order valence-corrected chi connectivity index (χ4v) is 2.83. The number of likely N-dealkylation sites (N-methyl/N-ethyl adjacent to an activating group) is 1. The molecule has 4 heteroatoms. The van der Waals surface area contributed by atoms with Crippen molar-refractivity contribution in [1.29, 1.82) is 0 Å². The van der Waals surface area contributed by atoms with E-state index in [0.717, 1.165) is 16.7 Å². The molecule has 0 radical (unpaired) electrons. The van der Waals surface area contributed by atoms with Gasteiger partial charge in [0.2, 0.25) is 0 Å². The van der Waals surface area contributed by atoms with Crippen LogP contribution in [0.5, 0.6) is 0 Å². The fourth-order valence-electron chi connectivity index (χ4n) is 2.46. The highest BCUT2D eigenvalue weighted by Gasteiger charge is 2.19. The van der Waals surface area contributed by atoms with Gasteiger partial charge in [-0.15, -0.1) is 0 Å². The van der Waals surface area contributed by atoms with Crippen LogP contribution in [0, 0.1) is 25.5 Å². The van der Waals surface area contributed by atoms with Gasteiger partial charge in [0.25, 0.3) is 0 Å². The highest BCUT2D eigenvalue weighted by Crippen LogP contribution is 2.28. The molecule has 21 heavy (non-hydrogen) atoms. The van der Waals surface area contributed by atoms with Crippen molar-refractivity contribution in [2.24, 2.45) is 0 Å². The second-order valence-corrected chi connectivity index (χ2v) is 6.08. The van der Waals surface area contributed by atoms with Crippen LogP contribution in [-0.2, 0) is 6.42 Å². The van der Waals surface area contributed by atoms with Crippen molar-refractivity contribution in [2.45, 2.75) is 26.3 Å². The minimum atomic E-state index is -0.527. The number of rotatable bonds is 4. The van der Waals surface area contributed by atoms with E-state index < -0.39 is 11.6 Å². The monoisotopic (exact) mass is 353 g/mol. The summed E-state index contributed by atoms with van der Waals surface area (Å²) in [5, 5.41) is 3.16. The van der Waals surface area contributed by atoms with Crippen molar-refractivity contribution in [2.75, 3.05) is 7.05 Å². The Morgan fingerprint density at radius 1 is 1.14 bits per heavy atom. The molecule has 1 unspecified atom stereocenters. The molecular weight excluding hydrogens is 336 g/mol. The molecule has 0 aromatic heterocycles. The van der Waals surface area contributed by atoms with Gasteiger partial charge < -0.3 is 5.32 Å². The van der Waals surface area contributed by atoms with Gasteiger partial charge in [-0.3, -0.25) is 0 Å². The van der Waals surface area contributed by atoms with E-state index in [2.05, 4.69) is 27.3 Å². The number of benzene rings is 2. The molecule has 1 nitrogen and oxygen atoms in total. The summed E-state index contributed by atoms with van der Waals surface area (Å²) in [4.78, 5) is 0. The molecule has 2 aromatic rings. The third-order valence-corrected chi connectivity index (χ3v) is 4.32. The third-order valence-electron chi connectivity index (χ3n) is 3.71. The van der Waals surface area contributed by atoms with Crippen molar-refractivity contribution >= 4 is 15.9 Å². The molecular formula is C17H18BrF2N.